The minimum absolute atomic E-state index is 0.00553. The van der Waals surface area contributed by atoms with Crippen molar-refractivity contribution in [3.05, 3.63) is 64.4 Å². The minimum Gasteiger partial charge on any atom is -0.465 e. The average molecular weight is 482 g/mol. The first-order valence-corrected chi connectivity index (χ1v) is 12.4. The fourth-order valence-electron chi connectivity index (χ4n) is 3.83. The fourth-order valence-corrected chi connectivity index (χ4v) is 4.71. The Balaban J connectivity index is 2.07. The van der Waals surface area contributed by atoms with E-state index in [-0.39, 0.29) is 29.3 Å². The predicted molar refractivity (Wildman–Crippen MR) is 136 cm³/mol. The number of amides is 1. The maximum Gasteiger partial charge on any atom is 0.337 e. The Morgan fingerprint density at radius 3 is 2.29 bits per heavy atom. The number of carbonyl (C=O) groups is 2. The number of hydrogen-bond acceptors (Lipinski definition) is 6. The number of rotatable bonds is 9. The molecule has 7 nitrogen and oxygen atoms in total. The quantitative estimate of drug-likeness (QED) is 0.251. The summed E-state index contributed by atoms with van der Waals surface area (Å²) in [4.78, 5) is 45.3. The summed E-state index contributed by atoms with van der Waals surface area (Å²) in [6.07, 6.45) is 1.72. The molecule has 0 radical (unpaired) electrons. The number of benzene rings is 2. The van der Waals surface area contributed by atoms with Crippen molar-refractivity contribution in [3.8, 4) is 5.69 Å². The van der Waals surface area contributed by atoms with Gasteiger partial charge in [0.05, 0.1) is 35.0 Å². The number of thioether (sulfide) groups is 1. The predicted octanol–water partition coefficient (Wildman–Crippen LogP) is 4.69. The van der Waals surface area contributed by atoms with Crippen LogP contribution in [0.25, 0.3) is 16.6 Å². The van der Waals surface area contributed by atoms with Gasteiger partial charge in [0.1, 0.15) is 0 Å². The Hall–Kier alpha value is -3.13. The average Bonchev–Trinajstić information content (AvgIpc) is 2.86. The van der Waals surface area contributed by atoms with Crippen LogP contribution >= 0.6 is 11.8 Å². The van der Waals surface area contributed by atoms with Crippen LogP contribution < -0.4 is 5.56 Å². The van der Waals surface area contributed by atoms with Gasteiger partial charge in [-0.1, -0.05) is 43.8 Å². The molecule has 34 heavy (non-hydrogen) atoms. The Labute approximate surface area is 204 Å². The van der Waals surface area contributed by atoms with Gasteiger partial charge in [0, 0.05) is 12.1 Å². The van der Waals surface area contributed by atoms with Crippen LogP contribution in [-0.2, 0) is 9.53 Å². The summed E-state index contributed by atoms with van der Waals surface area (Å²) < 4.78 is 6.33. The summed E-state index contributed by atoms with van der Waals surface area (Å²) >= 11 is 1.23. The van der Waals surface area contributed by atoms with Crippen LogP contribution in [0.4, 0.5) is 0 Å². The molecule has 0 aliphatic rings. The second-order valence-corrected chi connectivity index (χ2v) is 9.14. The normalized spacial score (nSPS) is 12.9. The number of fused-ring (bicyclic) bond motifs is 1. The van der Waals surface area contributed by atoms with Gasteiger partial charge in [0.2, 0.25) is 5.91 Å². The lowest BCUT2D eigenvalue weighted by Gasteiger charge is -2.34. The number of ether oxygens (including phenoxy) is 1. The molecule has 0 fully saturated rings. The monoisotopic (exact) mass is 481 g/mol. The van der Waals surface area contributed by atoms with Gasteiger partial charge in [-0.05, 0) is 57.0 Å². The van der Waals surface area contributed by atoms with E-state index in [1.165, 1.54) is 23.4 Å². The first-order chi connectivity index (χ1) is 16.3. The van der Waals surface area contributed by atoms with Crippen molar-refractivity contribution in [2.45, 2.75) is 57.8 Å². The Morgan fingerprint density at radius 1 is 1.06 bits per heavy atom. The number of nitrogens with zero attached hydrogens (tertiary/aromatic N) is 3. The van der Waals surface area contributed by atoms with Crippen LogP contribution in [0.5, 0.6) is 0 Å². The molecule has 2 aromatic carbocycles. The molecule has 8 heteroatoms. The Kier molecular flexibility index (Phi) is 8.50. The van der Waals surface area contributed by atoms with Crippen molar-refractivity contribution >= 4 is 34.5 Å². The summed E-state index contributed by atoms with van der Waals surface area (Å²) in [6, 6.07) is 14.1. The van der Waals surface area contributed by atoms with E-state index in [1.807, 2.05) is 35.2 Å². The van der Waals surface area contributed by atoms with Crippen LogP contribution in [0.2, 0.25) is 0 Å². The number of hydrogen-bond donors (Lipinski definition) is 0. The maximum absolute atomic E-state index is 13.5. The van der Waals surface area contributed by atoms with E-state index in [2.05, 4.69) is 27.7 Å². The second kappa shape index (κ2) is 11.3. The van der Waals surface area contributed by atoms with Gasteiger partial charge in [-0.25, -0.2) is 9.78 Å². The van der Waals surface area contributed by atoms with E-state index in [0.717, 1.165) is 12.8 Å². The highest BCUT2D eigenvalue weighted by Crippen LogP contribution is 2.24. The van der Waals surface area contributed by atoms with Gasteiger partial charge in [0.15, 0.2) is 5.16 Å². The zero-order valence-corrected chi connectivity index (χ0v) is 21.1. The van der Waals surface area contributed by atoms with Crippen molar-refractivity contribution in [1.82, 2.24) is 14.5 Å². The Bertz CT molecular complexity index is 1220. The van der Waals surface area contributed by atoms with Crippen LogP contribution in [0.3, 0.4) is 0 Å². The zero-order valence-electron chi connectivity index (χ0n) is 20.3. The van der Waals surface area contributed by atoms with E-state index < -0.39 is 5.97 Å². The van der Waals surface area contributed by atoms with Gasteiger partial charge in [-0.2, -0.15) is 0 Å². The molecule has 2 unspecified atom stereocenters. The number of carbonyl (C=O) groups excluding carboxylic acids is 2. The molecule has 0 bridgehead atoms. The van der Waals surface area contributed by atoms with Crippen molar-refractivity contribution in [3.63, 3.8) is 0 Å². The molecule has 1 amide bonds. The zero-order chi connectivity index (χ0) is 24.8. The Morgan fingerprint density at radius 2 is 1.71 bits per heavy atom. The molecular weight excluding hydrogens is 450 g/mol. The minimum atomic E-state index is -0.502. The van der Waals surface area contributed by atoms with Crippen molar-refractivity contribution in [2.24, 2.45) is 0 Å². The molecule has 0 saturated carbocycles. The third kappa shape index (κ3) is 5.33. The third-order valence-electron chi connectivity index (χ3n) is 6.02. The highest BCUT2D eigenvalue weighted by atomic mass is 32.2. The van der Waals surface area contributed by atoms with Crippen LogP contribution in [-0.4, -0.2) is 51.3 Å². The topological polar surface area (TPSA) is 81.5 Å². The van der Waals surface area contributed by atoms with E-state index >= 15 is 0 Å². The fraction of sp³-hybridized carbons (Fsp3) is 0.385. The summed E-state index contributed by atoms with van der Waals surface area (Å²) in [6.45, 7) is 8.24. The van der Waals surface area contributed by atoms with Gasteiger partial charge < -0.3 is 9.64 Å². The standard InChI is InChI=1S/C26H31N3O4S/c1-6-17(3)28(18(4)7-2)23(30)16-34-26-27-22-15-19(25(32)33-5)13-14-21(22)24(31)29(26)20-11-9-8-10-12-20/h8-15,17-18H,6-7,16H2,1-5H3. The highest BCUT2D eigenvalue weighted by Gasteiger charge is 2.24. The molecule has 180 valence electrons. The summed E-state index contributed by atoms with van der Waals surface area (Å²) in [7, 11) is 1.31. The number of esters is 1. The molecule has 0 aliphatic heterocycles. The molecule has 3 aromatic rings. The van der Waals surface area contributed by atoms with Crippen LogP contribution in [0.15, 0.2) is 58.5 Å². The lowest BCUT2D eigenvalue weighted by molar-refractivity contribution is -0.132. The van der Waals surface area contributed by atoms with E-state index in [1.54, 1.807) is 18.2 Å². The van der Waals surface area contributed by atoms with Crippen molar-refractivity contribution < 1.29 is 14.3 Å². The van der Waals surface area contributed by atoms with E-state index in [4.69, 9.17) is 9.72 Å². The summed E-state index contributed by atoms with van der Waals surface area (Å²) in [5.41, 5.74) is 1.10. The van der Waals surface area contributed by atoms with E-state index in [0.29, 0.717) is 27.3 Å². The lowest BCUT2D eigenvalue weighted by Crippen LogP contribution is -2.45. The van der Waals surface area contributed by atoms with Gasteiger partial charge in [-0.15, -0.1) is 0 Å². The van der Waals surface area contributed by atoms with Crippen molar-refractivity contribution in [2.75, 3.05) is 12.9 Å². The number of methoxy groups -OCH3 is 1. The summed E-state index contributed by atoms with van der Waals surface area (Å²) in [5, 5.41) is 0.778. The highest BCUT2D eigenvalue weighted by molar-refractivity contribution is 7.99. The molecule has 1 aromatic heterocycles. The SMILES string of the molecule is CCC(C)N(C(=O)CSc1nc2cc(C(=O)OC)ccc2c(=O)n1-c1ccccc1)C(C)CC. The maximum atomic E-state index is 13.5. The first-order valence-electron chi connectivity index (χ1n) is 11.5. The molecule has 0 spiro atoms. The van der Waals surface area contributed by atoms with Gasteiger partial charge >= 0.3 is 5.97 Å². The first kappa shape index (κ1) is 25.5. The molecule has 0 N–H and O–H groups in total. The molecule has 3 rings (SSSR count). The van der Waals surface area contributed by atoms with E-state index in [9.17, 15) is 14.4 Å². The third-order valence-corrected chi connectivity index (χ3v) is 6.94. The lowest BCUT2D eigenvalue weighted by atomic mass is 10.1. The number of aromatic nitrogens is 2. The van der Waals surface area contributed by atoms with Gasteiger partial charge in [-0.3, -0.25) is 14.2 Å². The van der Waals surface area contributed by atoms with Crippen molar-refractivity contribution in [1.29, 1.82) is 0 Å². The van der Waals surface area contributed by atoms with Gasteiger partial charge in [0.25, 0.3) is 5.56 Å². The van der Waals surface area contributed by atoms with Crippen LogP contribution in [0.1, 0.15) is 50.9 Å². The molecule has 0 aliphatic carbocycles. The number of para-hydroxylation sites is 1. The van der Waals surface area contributed by atoms with Crippen LogP contribution in [0, 0.1) is 0 Å². The second-order valence-electron chi connectivity index (χ2n) is 8.20. The smallest absolute Gasteiger partial charge is 0.337 e. The molecule has 1 heterocycles. The molecule has 0 saturated heterocycles. The largest absolute Gasteiger partial charge is 0.465 e. The molecule has 2 atom stereocenters. The summed E-state index contributed by atoms with van der Waals surface area (Å²) in [5.74, 6) is -0.347. The molecular formula is C26H31N3O4S.